The van der Waals surface area contributed by atoms with E-state index in [-0.39, 0.29) is 5.54 Å². The minimum Gasteiger partial charge on any atom is -0.381 e. The average molecular weight is 254 g/mol. The lowest BCUT2D eigenvalue weighted by Crippen LogP contribution is -2.62. The zero-order valence-electron chi connectivity index (χ0n) is 12.2. The molecule has 0 spiro atoms. The summed E-state index contributed by atoms with van der Waals surface area (Å²) in [6, 6.07) is 0.292. The van der Waals surface area contributed by atoms with E-state index in [1.807, 2.05) is 0 Å². The van der Waals surface area contributed by atoms with Crippen molar-refractivity contribution in [3.8, 4) is 0 Å². The Hall–Kier alpha value is -0.120. The van der Waals surface area contributed by atoms with Crippen molar-refractivity contribution < 1.29 is 4.74 Å². The Morgan fingerprint density at radius 2 is 1.89 bits per heavy atom. The van der Waals surface area contributed by atoms with Gasteiger partial charge < -0.3 is 10.5 Å². The third-order valence-electron chi connectivity index (χ3n) is 5.19. The number of ether oxygens (including phenoxy) is 1. The predicted octanol–water partition coefficient (Wildman–Crippen LogP) is 2.39. The van der Waals surface area contributed by atoms with Crippen LogP contribution < -0.4 is 5.73 Å². The zero-order chi connectivity index (χ0) is 13.0. The molecule has 2 fully saturated rings. The fourth-order valence-corrected chi connectivity index (χ4v) is 4.19. The van der Waals surface area contributed by atoms with Crippen molar-refractivity contribution in [2.45, 2.75) is 64.0 Å². The summed E-state index contributed by atoms with van der Waals surface area (Å²) in [5.41, 5.74) is 6.98. The second kappa shape index (κ2) is 6.36. The summed E-state index contributed by atoms with van der Waals surface area (Å²) >= 11 is 0. The maximum Gasteiger partial charge on any atom is 0.0509 e. The molecule has 106 valence electrons. The molecule has 3 heteroatoms. The molecule has 2 aliphatic rings. The number of likely N-dealkylation sites (N-methyl/N-ethyl adjacent to an activating group) is 1. The Labute approximate surface area is 112 Å². The lowest BCUT2D eigenvalue weighted by Gasteiger charge is -2.48. The van der Waals surface area contributed by atoms with Crippen molar-refractivity contribution in [2.24, 2.45) is 11.7 Å². The molecule has 0 bridgehead atoms. The molecule has 0 radical (unpaired) electrons. The van der Waals surface area contributed by atoms with E-state index in [2.05, 4.69) is 18.7 Å². The highest BCUT2D eigenvalue weighted by molar-refractivity contribution is 5.04. The van der Waals surface area contributed by atoms with Gasteiger partial charge in [-0.25, -0.2) is 0 Å². The highest BCUT2D eigenvalue weighted by Gasteiger charge is 2.46. The van der Waals surface area contributed by atoms with Crippen LogP contribution in [-0.4, -0.2) is 42.8 Å². The lowest BCUT2D eigenvalue weighted by atomic mass is 9.77. The highest BCUT2D eigenvalue weighted by atomic mass is 16.5. The second-order valence-corrected chi connectivity index (χ2v) is 5.99. The fourth-order valence-electron chi connectivity index (χ4n) is 4.19. The van der Waals surface area contributed by atoms with Gasteiger partial charge in [-0.2, -0.15) is 0 Å². The van der Waals surface area contributed by atoms with Gasteiger partial charge >= 0.3 is 0 Å². The van der Waals surface area contributed by atoms with E-state index in [1.165, 1.54) is 38.5 Å². The molecule has 1 aliphatic heterocycles. The zero-order valence-corrected chi connectivity index (χ0v) is 12.2. The van der Waals surface area contributed by atoms with E-state index in [1.54, 1.807) is 0 Å². The van der Waals surface area contributed by atoms with Crippen LogP contribution >= 0.6 is 0 Å². The van der Waals surface area contributed by atoms with Gasteiger partial charge in [0.25, 0.3) is 0 Å². The van der Waals surface area contributed by atoms with Crippen LogP contribution in [0.25, 0.3) is 0 Å². The Morgan fingerprint density at radius 1 is 1.22 bits per heavy atom. The van der Waals surface area contributed by atoms with Crippen molar-refractivity contribution in [3.05, 3.63) is 0 Å². The molecule has 3 nitrogen and oxygen atoms in total. The van der Waals surface area contributed by atoms with Gasteiger partial charge in [0.15, 0.2) is 0 Å². The van der Waals surface area contributed by atoms with Crippen LogP contribution in [0.2, 0.25) is 0 Å². The predicted molar refractivity (Wildman–Crippen MR) is 75.6 cm³/mol. The van der Waals surface area contributed by atoms with Crippen LogP contribution in [0.4, 0.5) is 0 Å². The van der Waals surface area contributed by atoms with Crippen molar-refractivity contribution in [2.75, 3.05) is 26.3 Å². The molecule has 1 aliphatic carbocycles. The minimum absolute atomic E-state index is 0.259. The van der Waals surface area contributed by atoms with Crippen molar-refractivity contribution in [1.29, 1.82) is 0 Å². The summed E-state index contributed by atoms with van der Waals surface area (Å²) in [6.45, 7) is 8.60. The highest BCUT2D eigenvalue weighted by Crippen LogP contribution is 2.40. The van der Waals surface area contributed by atoms with Gasteiger partial charge in [0, 0.05) is 18.2 Å². The van der Waals surface area contributed by atoms with E-state index in [4.69, 9.17) is 10.5 Å². The van der Waals surface area contributed by atoms with E-state index in [9.17, 15) is 0 Å². The quantitative estimate of drug-likeness (QED) is 0.819. The Bertz CT molecular complexity index is 241. The number of nitrogens with zero attached hydrogens (tertiary/aromatic N) is 1. The Morgan fingerprint density at radius 3 is 2.39 bits per heavy atom. The average Bonchev–Trinajstić information content (AvgIpc) is 2.91. The molecule has 0 amide bonds. The third kappa shape index (κ3) is 2.59. The van der Waals surface area contributed by atoms with Gasteiger partial charge in [-0.15, -0.1) is 0 Å². The summed E-state index contributed by atoms with van der Waals surface area (Å²) in [7, 11) is 0. The van der Waals surface area contributed by atoms with Gasteiger partial charge in [0.05, 0.1) is 6.61 Å². The first kappa shape index (κ1) is 14.3. The van der Waals surface area contributed by atoms with Gasteiger partial charge in [-0.3, -0.25) is 4.90 Å². The summed E-state index contributed by atoms with van der Waals surface area (Å²) < 4.78 is 5.66. The number of hydrogen-bond donors (Lipinski definition) is 1. The molecule has 2 unspecified atom stereocenters. The summed E-state index contributed by atoms with van der Waals surface area (Å²) in [5.74, 6) is 0.567. The molecule has 1 saturated heterocycles. The molecule has 2 atom stereocenters. The first-order chi connectivity index (χ1) is 8.74. The molecule has 0 aromatic rings. The van der Waals surface area contributed by atoms with E-state index in [0.717, 1.165) is 26.3 Å². The smallest absolute Gasteiger partial charge is 0.0509 e. The molecular weight excluding hydrogens is 224 g/mol. The van der Waals surface area contributed by atoms with E-state index >= 15 is 0 Å². The largest absolute Gasteiger partial charge is 0.381 e. The van der Waals surface area contributed by atoms with Crippen LogP contribution in [0.5, 0.6) is 0 Å². The second-order valence-electron chi connectivity index (χ2n) is 5.99. The first-order valence-corrected chi connectivity index (χ1v) is 7.83. The van der Waals surface area contributed by atoms with Crippen LogP contribution in [-0.2, 0) is 4.74 Å². The Kier molecular flexibility index (Phi) is 5.05. The van der Waals surface area contributed by atoms with E-state index < -0.39 is 0 Å². The van der Waals surface area contributed by atoms with Gasteiger partial charge in [-0.1, -0.05) is 26.7 Å². The Balaban J connectivity index is 2.12. The molecule has 1 heterocycles. The normalized spacial score (nSPS) is 29.7. The van der Waals surface area contributed by atoms with E-state index in [0.29, 0.717) is 12.0 Å². The van der Waals surface area contributed by atoms with Gasteiger partial charge in [0.2, 0.25) is 0 Å². The maximum absolute atomic E-state index is 6.72. The molecular formula is C15H30N2O. The van der Waals surface area contributed by atoms with Crippen LogP contribution in [0.15, 0.2) is 0 Å². The van der Waals surface area contributed by atoms with Crippen molar-refractivity contribution in [3.63, 3.8) is 0 Å². The molecule has 2 N–H and O–H groups in total. The number of nitrogens with two attached hydrogens (primary N) is 1. The molecule has 0 aromatic carbocycles. The monoisotopic (exact) mass is 254 g/mol. The summed E-state index contributed by atoms with van der Waals surface area (Å²) in [6.07, 6.45) is 7.70. The minimum atomic E-state index is 0.259. The first-order valence-electron chi connectivity index (χ1n) is 7.83. The fraction of sp³-hybridized carbons (Fsp3) is 1.00. The molecule has 1 saturated carbocycles. The summed E-state index contributed by atoms with van der Waals surface area (Å²) in [4.78, 5) is 2.62. The maximum atomic E-state index is 6.72. The molecule has 18 heavy (non-hydrogen) atoms. The van der Waals surface area contributed by atoms with Crippen molar-refractivity contribution >= 4 is 0 Å². The molecule has 2 rings (SSSR count). The third-order valence-corrected chi connectivity index (χ3v) is 5.19. The standard InChI is InChI=1S/C15H30N2O/c1-3-17(4-2)15(9-5-6-10-15)14(16)13-8-7-11-18-12-13/h13-14H,3-12,16H2,1-2H3. The number of rotatable bonds is 5. The van der Waals surface area contributed by atoms with Crippen LogP contribution in [0.1, 0.15) is 52.4 Å². The lowest BCUT2D eigenvalue weighted by molar-refractivity contribution is -0.00520. The van der Waals surface area contributed by atoms with Gasteiger partial charge in [0.1, 0.15) is 0 Å². The summed E-state index contributed by atoms with van der Waals surface area (Å²) in [5, 5.41) is 0. The topological polar surface area (TPSA) is 38.5 Å². The van der Waals surface area contributed by atoms with Crippen molar-refractivity contribution in [1.82, 2.24) is 4.90 Å². The van der Waals surface area contributed by atoms with Gasteiger partial charge in [-0.05, 0) is 44.7 Å². The SMILES string of the molecule is CCN(CC)C1(C(N)C2CCCOC2)CCCC1. The molecule has 0 aromatic heterocycles. The van der Waals surface area contributed by atoms with Crippen LogP contribution in [0.3, 0.4) is 0 Å². The number of hydrogen-bond acceptors (Lipinski definition) is 3. The van der Waals surface area contributed by atoms with Crippen LogP contribution in [0, 0.1) is 5.92 Å².